The van der Waals surface area contributed by atoms with Crippen molar-refractivity contribution >= 4 is 33.5 Å². The van der Waals surface area contributed by atoms with E-state index in [0.717, 1.165) is 16.4 Å². The zero-order valence-corrected chi connectivity index (χ0v) is 12.5. The molecule has 0 saturated carbocycles. The fraction of sp³-hybridized carbons (Fsp3) is 0.154. The van der Waals surface area contributed by atoms with E-state index in [-0.39, 0.29) is 17.1 Å². The zero-order chi connectivity index (χ0) is 14.7. The summed E-state index contributed by atoms with van der Waals surface area (Å²) in [5.74, 6) is -2.05. The predicted molar refractivity (Wildman–Crippen MR) is 78.1 cm³/mol. The fourth-order valence-corrected chi connectivity index (χ4v) is 2.52. The predicted octanol–water partition coefficient (Wildman–Crippen LogP) is 2.60. The zero-order valence-electron chi connectivity index (χ0n) is 10.1. The van der Waals surface area contributed by atoms with Gasteiger partial charge in [0.1, 0.15) is 10.9 Å². The number of aliphatic carboxylic acids is 1. The minimum absolute atomic E-state index is 0.0721. The Morgan fingerprint density at radius 2 is 2.25 bits per heavy atom. The van der Waals surface area contributed by atoms with E-state index in [9.17, 15) is 14.7 Å². The number of carboxylic acids is 1. The summed E-state index contributed by atoms with van der Waals surface area (Å²) in [6.45, 7) is 0. The lowest BCUT2D eigenvalue weighted by molar-refractivity contribution is -0.138. The van der Waals surface area contributed by atoms with Gasteiger partial charge in [-0.2, -0.15) is 0 Å². The van der Waals surface area contributed by atoms with Crippen molar-refractivity contribution in [2.24, 2.45) is 0 Å². The summed E-state index contributed by atoms with van der Waals surface area (Å²) in [7, 11) is 0. The molecule has 0 radical (unpaired) electrons. The van der Waals surface area contributed by atoms with E-state index in [2.05, 4.69) is 25.9 Å². The lowest BCUT2D eigenvalue weighted by Crippen LogP contribution is -2.20. The van der Waals surface area contributed by atoms with E-state index in [1.165, 1.54) is 0 Å². The number of hydrogen-bond acceptors (Lipinski definition) is 3. The van der Waals surface area contributed by atoms with E-state index >= 15 is 0 Å². The molecule has 0 aliphatic carbocycles. The summed E-state index contributed by atoms with van der Waals surface area (Å²) in [5.41, 5.74) is 0.338. The molecule has 104 valence electrons. The number of halogens is 2. The maximum atomic E-state index is 11.4. The summed E-state index contributed by atoms with van der Waals surface area (Å²) in [5, 5.41) is 9.16. The summed E-state index contributed by atoms with van der Waals surface area (Å²) in [6, 6.07) is 7.28. The third-order valence-electron chi connectivity index (χ3n) is 2.78. The van der Waals surface area contributed by atoms with Crippen molar-refractivity contribution in [3.63, 3.8) is 0 Å². The molecule has 2 rings (SSSR count). The molecule has 0 bridgehead atoms. The highest BCUT2D eigenvalue weighted by atomic mass is 79.9. The molecule has 1 aromatic heterocycles. The van der Waals surface area contributed by atoms with Gasteiger partial charge in [0.15, 0.2) is 0 Å². The molecule has 0 saturated heterocycles. The number of aromatic amines is 1. The first kappa shape index (κ1) is 14.7. The second-order valence-electron chi connectivity index (χ2n) is 4.16. The SMILES string of the molecule is O=C(O)C(Cc1cccc(Br)c1)c1nc[nH]c(=O)c1Cl. The van der Waals surface area contributed by atoms with Gasteiger partial charge in [-0.1, -0.05) is 39.7 Å². The molecule has 2 N–H and O–H groups in total. The number of nitrogens with zero attached hydrogens (tertiary/aromatic N) is 1. The number of hydrogen-bond donors (Lipinski definition) is 2. The Balaban J connectivity index is 2.40. The number of benzene rings is 1. The number of H-pyrrole nitrogens is 1. The molecule has 0 aliphatic rings. The monoisotopic (exact) mass is 356 g/mol. The second kappa shape index (κ2) is 6.19. The Labute approximate surface area is 127 Å². The molecule has 20 heavy (non-hydrogen) atoms. The van der Waals surface area contributed by atoms with Crippen LogP contribution in [0.3, 0.4) is 0 Å². The van der Waals surface area contributed by atoms with Crippen LogP contribution in [0.1, 0.15) is 17.2 Å². The van der Waals surface area contributed by atoms with E-state index < -0.39 is 17.4 Å². The molecule has 1 unspecified atom stereocenters. The number of carbonyl (C=O) groups is 1. The van der Waals surface area contributed by atoms with Crippen molar-refractivity contribution in [3.8, 4) is 0 Å². The molecule has 0 spiro atoms. The van der Waals surface area contributed by atoms with Gasteiger partial charge < -0.3 is 10.1 Å². The van der Waals surface area contributed by atoms with Crippen LogP contribution in [0, 0.1) is 0 Å². The number of rotatable bonds is 4. The molecule has 7 heteroatoms. The number of aromatic nitrogens is 2. The van der Waals surface area contributed by atoms with Crippen molar-refractivity contribution in [2.45, 2.75) is 12.3 Å². The summed E-state index contributed by atoms with van der Waals surface area (Å²) in [6.07, 6.45) is 1.35. The van der Waals surface area contributed by atoms with E-state index in [1.807, 2.05) is 24.3 Å². The molecule has 0 amide bonds. The van der Waals surface area contributed by atoms with Gasteiger partial charge in [0.2, 0.25) is 0 Å². The Kier molecular flexibility index (Phi) is 4.57. The van der Waals surface area contributed by atoms with Crippen molar-refractivity contribution < 1.29 is 9.90 Å². The lowest BCUT2D eigenvalue weighted by atomic mass is 9.96. The standard InChI is InChI=1S/C13H10BrClN2O3/c14-8-3-1-2-7(4-8)5-9(13(19)20)11-10(15)12(18)17-6-16-11/h1-4,6,9H,5H2,(H,19,20)(H,16,17,18). The minimum Gasteiger partial charge on any atom is -0.481 e. The van der Waals surface area contributed by atoms with Gasteiger partial charge in [-0.3, -0.25) is 9.59 Å². The number of carboxylic acid groups (broad SMARTS) is 1. The maximum absolute atomic E-state index is 11.4. The molecule has 1 atom stereocenters. The quantitative estimate of drug-likeness (QED) is 0.881. The van der Waals surface area contributed by atoms with Gasteiger partial charge in [0.25, 0.3) is 5.56 Å². The van der Waals surface area contributed by atoms with E-state index in [0.29, 0.717) is 0 Å². The average molecular weight is 358 g/mol. The Hall–Kier alpha value is -1.66. The van der Waals surface area contributed by atoms with Crippen LogP contribution >= 0.6 is 27.5 Å². The van der Waals surface area contributed by atoms with Crippen LogP contribution in [0.15, 0.2) is 39.9 Å². The van der Waals surface area contributed by atoms with Crippen LogP contribution in [0.4, 0.5) is 0 Å². The van der Waals surface area contributed by atoms with Crippen molar-refractivity contribution in [1.82, 2.24) is 9.97 Å². The van der Waals surface area contributed by atoms with Crippen molar-refractivity contribution in [2.75, 3.05) is 0 Å². The summed E-state index contributed by atoms with van der Waals surface area (Å²) >= 11 is 9.18. The van der Waals surface area contributed by atoms with Crippen LogP contribution in [-0.2, 0) is 11.2 Å². The largest absolute Gasteiger partial charge is 0.481 e. The molecule has 0 aliphatic heterocycles. The molecule has 1 aromatic carbocycles. The van der Waals surface area contributed by atoms with Crippen molar-refractivity contribution in [3.05, 3.63) is 61.7 Å². The van der Waals surface area contributed by atoms with E-state index in [4.69, 9.17) is 11.6 Å². The second-order valence-corrected chi connectivity index (χ2v) is 5.45. The summed E-state index contributed by atoms with van der Waals surface area (Å²) in [4.78, 5) is 29.1. The first-order valence-corrected chi connectivity index (χ1v) is 6.86. The van der Waals surface area contributed by atoms with Gasteiger partial charge in [0, 0.05) is 4.47 Å². The van der Waals surface area contributed by atoms with Crippen LogP contribution < -0.4 is 5.56 Å². The van der Waals surface area contributed by atoms with Crippen LogP contribution in [-0.4, -0.2) is 21.0 Å². The lowest BCUT2D eigenvalue weighted by Gasteiger charge is -2.13. The first-order chi connectivity index (χ1) is 9.49. The molecule has 0 fully saturated rings. The summed E-state index contributed by atoms with van der Waals surface area (Å²) < 4.78 is 0.851. The number of nitrogens with one attached hydrogen (secondary N) is 1. The van der Waals surface area contributed by atoms with Crippen LogP contribution in [0.2, 0.25) is 5.02 Å². The Morgan fingerprint density at radius 3 is 2.90 bits per heavy atom. The average Bonchev–Trinajstić information content (AvgIpc) is 2.39. The van der Waals surface area contributed by atoms with Crippen molar-refractivity contribution in [1.29, 1.82) is 0 Å². The molecular formula is C13H10BrClN2O3. The van der Waals surface area contributed by atoms with Gasteiger partial charge >= 0.3 is 5.97 Å². The molecule has 1 heterocycles. The molecule has 5 nitrogen and oxygen atoms in total. The first-order valence-electron chi connectivity index (χ1n) is 5.69. The normalized spacial score (nSPS) is 12.1. The fourth-order valence-electron chi connectivity index (χ4n) is 1.84. The molecular weight excluding hydrogens is 348 g/mol. The van der Waals surface area contributed by atoms with Gasteiger partial charge in [-0.05, 0) is 24.1 Å². The third-order valence-corrected chi connectivity index (χ3v) is 3.64. The smallest absolute Gasteiger partial charge is 0.312 e. The highest BCUT2D eigenvalue weighted by molar-refractivity contribution is 9.10. The van der Waals surface area contributed by atoms with Gasteiger partial charge in [0.05, 0.1) is 12.0 Å². The van der Waals surface area contributed by atoms with E-state index in [1.54, 1.807) is 0 Å². The van der Waals surface area contributed by atoms with Crippen LogP contribution in [0.5, 0.6) is 0 Å². The molecule has 2 aromatic rings. The Morgan fingerprint density at radius 1 is 1.50 bits per heavy atom. The van der Waals surface area contributed by atoms with Gasteiger partial charge in [-0.25, -0.2) is 4.98 Å². The van der Waals surface area contributed by atoms with Gasteiger partial charge in [-0.15, -0.1) is 0 Å². The highest BCUT2D eigenvalue weighted by Crippen LogP contribution is 2.24. The Bertz CT molecular complexity index is 702. The third kappa shape index (κ3) is 3.26. The minimum atomic E-state index is -1.08. The highest BCUT2D eigenvalue weighted by Gasteiger charge is 2.25. The van der Waals surface area contributed by atoms with Crippen LogP contribution in [0.25, 0.3) is 0 Å². The topological polar surface area (TPSA) is 83.0 Å². The maximum Gasteiger partial charge on any atom is 0.312 e.